The molecule has 4 rings (SSSR count). The first kappa shape index (κ1) is 19.9. The summed E-state index contributed by atoms with van der Waals surface area (Å²) in [6.07, 6.45) is 3.22. The summed E-state index contributed by atoms with van der Waals surface area (Å²) in [5.74, 6) is 1.95. The van der Waals surface area contributed by atoms with Gasteiger partial charge < -0.3 is 14.2 Å². The summed E-state index contributed by atoms with van der Waals surface area (Å²) in [4.78, 5) is 1.52. The predicted octanol–water partition coefficient (Wildman–Crippen LogP) is 3.32. The van der Waals surface area contributed by atoms with Gasteiger partial charge in [0.2, 0.25) is 4.77 Å². The predicted molar refractivity (Wildman–Crippen MR) is 117 cm³/mol. The second kappa shape index (κ2) is 8.93. The SMILES string of the molecule is CCOc1ccc([C@@H]2CCC[NH+]2Cn2nc(Cc3ccccc3)n(C)c2=S)cc1. The van der Waals surface area contributed by atoms with Gasteiger partial charge in [0.05, 0.1) is 13.2 Å². The molecule has 0 bridgehead atoms. The van der Waals surface area contributed by atoms with Gasteiger partial charge in [-0.05, 0) is 49.0 Å². The van der Waals surface area contributed by atoms with Crippen LogP contribution in [0.15, 0.2) is 54.6 Å². The second-order valence-corrected chi connectivity index (χ2v) is 8.05. The van der Waals surface area contributed by atoms with Crippen molar-refractivity contribution in [2.75, 3.05) is 13.2 Å². The van der Waals surface area contributed by atoms with Crippen molar-refractivity contribution in [2.24, 2.45) is 7.05 Å². The maximum atomic E-state index is 5.70. The van der Waals surface area contributed by atoms with E-state index in [4.69, 9.17) is 22.1 Å². The lowest BCUT2D eigenvalue weighted by molar-refractivity contribution is -0.941. The van der Waals surface area contributed by atoms with Crippen LogP contribution in [0.3, 0.4) is 0 Å². The zero-order valence-corrected chi connectivity index (χ0v) is 18.0. The first-order chi connectivity index (χ1) is 14.2. The quantitative estimate of drug-likeness (QED) is 0.608. The number of ether oxygens (including phenoxy) is 1. The van der Waals surface area contributed by atoms with Crippen LogP contribution in [-0.2, 0) is 20.1 Å². The average molecular weight is 410 g/mol. The van der Waals surface area contributed by atoms with Crippen molar-refractivity contribution in [3.63, 3.8) is 0 Å². The minimum absolute atomic E-state index is 0.479. The summed E-state index contributed by atoms with van der Waals surface area (Å²) in [5.41, 5.74) is 2.62. The highest BCUT2D eigenvalue weighted by Gasteiger charge is 2.30. The lowest BCUT2D eigenvalue weighted by Crippen LogP contribution is -3.09. The van der Waals surface area contributed by atoms with Crippen molar-refractivity contribution in [2.45, 2.75) is 38.9 Å². The zero-order valence-electron chi connectivity index (χ0n) is 17.2. The van der Waals surface area contributed by atoms with E-state index in [2.05, 4.69) is 48.5 Å². The van der Waals surface area contributed by atoms with Crippen LogP contribution in [0.4, 0.5) is 0 Å². The molecular formula is C23H29N4OS+. The van der Waals surface area contributed by atoms with Crippen LogP contribution in [0, 0.1) is 4.77 Å². The van der Waals surface area contributed by atoms with E-state index in [0.717, 1.165) is 36.0 Å². The van der Waals surface area contributed by atoms with Gasteiger partial charge in [-0.3, -0.25) is 0 Å². The Morgan fingerprint density at radius 1 is 1.14 bits per heavy atom. The van der Waals surface area contributed by atoms with Crippen molar-refractivity contribution in [3.8, 4) is 5.75 Å². The van der Waals surface area contributed by atoms with Gasteiger partial charge in [-0.1, -0.05) is 30.3 Å². The first-order valence-corrected chi connectivity index (χ1v) is 10.8. The fourth-order valence-corrected chi connectivity index (χ4v) is 4.44. The lowest BCUT2D eigenvalue weighted by Gasteiger charge is -2.21. The van der Waals surface area contributed by atoms with Crippen LogP contribution in [0.1, 0.15) is 42.8 Å². The Bertz CT molecular complexity index is 994. The van der Waals surface area contributed by atoms with E-state index in [1.807, 2.05) is 29.3 Å². The molecular weight excluding hydrogens is 380 g/mol. The Morgan fingerprint density at radius 2 is 1.90 bits per heavy atom. The van der Waals surface area contributed by atoms with E-state index in [1.165, 1.54) is 28.9 Å². The monoisotopic (exact) mass is 409 g/mol. The van der Waals surface area contributed by atoms with Gasteiger partial charge in [0.15, 0.2) is 6.67 Å². The summed E-state index contributed by atoms with van der Waals surface area (Å²) < 4.78 is 10.4. The molecule has 29 heavy (non-hydrogen) atoms. The maximum absolute atomic E-state index is 5.70. The normalized spacial score (nSPS) is 18.8. The second-order valence-electron chi connectivity index (χ2n) is 7.68. The summed E-state index contributed by atoms with van der Waals surface area (Å²) in [7, 11) is 2.02. The van der Waals surface area contributed by atoms with Crippen LogP contribution in [-0.4, -0.2) is 27.5 Å². The fraction of sp³-hybridized carbons (Fsp3) is 0.391. The highest BCUT2D eigenvalue weighted by molar-refractivity contribution is 7.71. The first-order valence-electron chi connectivity index (χ1n) is 10.4. The smallest absolute Gasteiger partial charge is 0.202 e. The topological polar surface area (TPSA) is 36.4 Å². The molecule has 0 saturated carbocycles. The Kier molecular flexibility index (Phi) is 6.11. The van der Waals surface area contributed by atoms with Crippen LogP contribution in [0.25, 0.3) is 0 Å². The summed E-state index contributed by atoms with van der Waals surface area (Å²) >= 11 is 5.70. The molecule has 1 saturated heterocycles. The van der Waals surface area contributed by atoms with Gasteiger partial charge in [0, 0.05) is 31.9 Å². The number of nitrogens with one attached hydrogen (secondary N) is 1. The molecule has 152 valence electrons. The van der Waals surface area contributed by atoms with Crippen LogP contribution < -0.4 is 9.64 Å². The lowest BCUT2D eigenvalue weighted by atomic mass is 10.0. The third-order valence-electron chi connectivity index (χ3n) is 5.77. The molecule has 5 nitrogen and oxygen atoms in total. The van der Waals surface area contributed by atoms with E-state index in [1.54, 1.807) is 0 Å². The van der Waals surface area contributed by atoms with Crippen LogP contribution in [0.5, 0.6) is 5.75 Å². The number of nitrogens with zero attached hydrogens (tertiary/aromatic N) is 3. The number of hydrogen-bond donors (Lipinski definition) is 1. The third kappa shape index (κ3) is 4.43. The molecule has 0 spiro atoms. The molecule has 2 heterocycles. The molecule has 2 atom stereocenters. The van der Waals surface area contributed by atoms with E-state index in [9.17, 15) is 0 Å². The molecule has 0 aliphatic carbocycles. The average Bonchev–Trinajstić information content (AvgIpc) is 3.30. The standard InChI is InChI=1S/C23H28N4OS/c1-3-28-20-13-11-19(12-14-20)21-10-7-15-26(21)17-27-23(29)25(2)22(24-27)16-18-8-5-4-6-9-18/h4-6,8-9,11-14,21H,3,7,10,15-17H2,1-2H3/p+1/t21-/m0/s1. The van der Waals surface area contributed by atoms with Crippen LogP contribution >= 0.6 is 12.2 Å². The van der Waals surface area contributed by atoms with Crippen molar-refractivity contribution < 1.29 is 9.64 Å². The number of likely N-dealkylation sites (tertiary alicyclic amines) is 1. The zero-order chi connectivity index (χ0) is 20.2. The molecule has 1 aliphatic heterocycles. The third-order valence-corrected chi connectivity index (χ3v) is 6.25. The van der Waals surface area contributed by atoms with E-state index in [-0.39, 0.29) is 0 Å². The number of benzene rings is 2. The molecule has 0 amide bonds. The van der Waals surface area contributed by atoms with Gasteiger partial charge in [-0.25, -0.2) is 0 Å². The molecule has 3 aromatic rings. The van der Waals surface area contributed by atoms with Gasteiger partial charge >= 0.3 is 0 Å². The minimum Gasteiger partial charge on any atom is -0.494 e. The van der Waals surface area contributed by atoms with E-state index in [0.29, 0.717) is 12.6 Å². The van der Waals surface area contributed by atoms with Crippen molar-refractivity contribution >= 4 is 12.2 Å². The summed E-state index contributed by atoms with van der Waals surface area (Å²) in [6, 6.07) is 19.5. The molecule has 1 N–H and O–H groups in total. The Morgan fingerprint density at radius 3 is 2.62 bits per heavy atom. The van der Waals surface area contributed by atoms with E-state index >= 15 is 0 Å². The maximum Gasteiger partial charge on any atom is 0.202 e. The Labute approximate surface area is 177 Å². The Hall–Kier alpha value is -2.44. The van der Waals surface area contributed by atoms with Crippen LogP contribution in [0.2, 0.25) is 0 Å². The van der Waals surface area contributed by atoms with Gasteiger partial charge in [0.25, 0.3) is 0 Å². The minimum atomic E-state index is 0.479. The molecule has 0 radical (unpaired) electrons. The van der Waals surface area contributed by atoms with Crippen molar-refractivity contribution in [1.29, 1.82) is 0 Å². The molecule has 1 aliphatic rings. The molecule has 2 aromatic carbocycles. The van der Waals surface area contributed by atoms with Gasteiger partial charge in [0.1, 0.15) is 17.6 Å². The largest absolute Gasteiger partial charge is 0.494 e. The number of aromatic nitrogens is 3. The fourth-order valence-electron chi connectivity index (χ4n) is 4.23. The van der Waals surface area contributed by atoms with Gasteiger partial charge in [-0.2, -0.15) is 9.78 Å². The molecule has 6 heteroatoms. The molecule has 1 fully saturated rings. The number of quaternary nitrogens is 1. The summed E-state index contributed by atoms with van der Waals surface area (Å²) in [5, 5.41) is 4.87. The summed E-state index contributed by atoms with van der Waals surface area (Å²) in [6.45, 7) is 4.66. The molecule has 1 aromatic heterocycles. The number of rotatable bonds is 7. The van der Waals surface area contributed by atoms with Crippen molar-refractivity contribution in [3.05, 3.63) is 76.3 Å². The van der Waals surface area contributed by atoms with Crippen molar-refractivity contribution in [1.82, 2.24) is 14.3 Å². The molecule has 1 unspecified atom stereocenters. The highest BCUT2D eigenvalue weighted by atomic mass is 32.1. The number of hydrogen-bond acceptors (Lipinski definition) is 3. The van der Waals surface area contributed by atoms with Gasteiger partial charge in [-0.15, -0.1) is 0 Å². The Balaban J connectivity index is 1.50. The van der Waals surface area contributed by atoms with E-state index < -0.39 is 0 Å². The highest BCUT2D eigenvalue weighted by Crippen LogP contribution is 2.22.